The summed E-state index contributed by atoms with van der Waals surface area (Å²) >= 11 is 0. The summed E-state index contributed by atoms with van der Waals surface area (Å²) < 4.78 is 0. The van der Waals surface area contributed by atoms with Crippen molar-refractivity contribution in [2.45, 2.75) is 26.8 Å². The van der Waals surface area contributed by atoms with Gasteiger partial charge in [0.1, 0.15) is 5.82 Å². The second-order valence-corrected chi connectivity index (χ2v) is 5.65. The van der Waals surface area contributed by atoms with Crippen LogP contribution in [0.4, 0.5) is 0 Å². The fourth-order valence-electron chi connectivity index (χ4n) is 2.74. The van der Waals surface area contributed by atoms with Gasteiger partial charge in [0.05, 0.1) is 16.7 Å². The van der Waals surface area contributed by atoms with E-state index >= 15 is 0 Å². The number of aliphatic carboxylic acids is 1. The standard InChI is InChI=1S/C16H17N5O3/c1-7-13(8(2)21-20-7)14(16(23)24)19-15(22)10-4-5-11-12(6-10)18-9(3)17-11/h4-6,14H,1-3H3,(H,17,18)(H,19,22)(H,20,21)(H,23,24). The van der Waals surface area contributed by atoms with Gasteiger partial charge >= 0.3 is 5.97 Å². The van der Waals surface area contributed by atoms with Crippen molar-refractivity contribution in [3.05, 3.63) is 46.5 Å². The quantitative estimate of drug-likeness (QED) is 0.581. The average molecular weight is 327 g/mol. The van der Waals surface area contributed by atoms with Crippen LogP contribution in [0.5, 0.6) is 0 Å². The lowest BCUT2D eigenvalue weighted by Gasteiger charge is -2.15. The number of carboxylic acid groups (broad SMARTS) is 1. The number of carbonyl (C=O) groups excluding carboxylic acids is 1. The van der Waals surface area contributed by atoms with E-state index in [0.29, 0.717) is 22.5 Å². The van der Waals surface area contributed by atoms with Crippen molar-refractivity contribution in [2.24, 2.45) is 0 Å². The zero-order valence-corrected chi connectivity index (χ0v) is 13.5. The van der Waals surface area contributed by atoms with E-state index in [9.17, 15) is 14.7 Å². The van der Waals surface area contributed by atoms with Crippen LogP contribution in [0.25, 0.3) is 11.0 Å². The Morgan fingerprint density at radius 1 is 1.25 bits per heavy atom. The van der Waals surface area contributed by atoms with Crippen LogP contribution in [-0.2, 0) is 4.79 Å². The number of amides is 1. The summed E-state index contributed by atoms with van der Waals surface area (Å²) in [6.45, 7) is 5.24. The lowest BCUT2D eigenvalue weighted by molar-refractivity contribution is -0.139. The fraction of sp³-hybridized carbons (Fsp3) is 0.250. The molecule has 1 unspecified atom stereocenters. The number of nitrogens with zero attached hydrogens (tertiary/aromatic N) is 2. The van der Waals surface area contributed by atoms with Gasteiger partial charge in [-0.1, -0.05) is 0 Å². The number of aromatic nitrogens is 4. The van der Waals surface area contributed by atoms with Crippen LogP contribution in [-0.4, -0.2) is 37.1 Å². The van der Waals surface area contributed by atoms with Gasteiger partial charge in [-0.2, -0.15) is 5.10 Å². The Balaban J connectivity index is 1.91. The number of imidazole rings is 1. The third-order valence-electron chi connectivity index (χ3n) is 3.86. The molecule has 124 valence electrons. The van der Waals surface area contributed by atoms with Crippen molar-refractivity contribution in [2.75, 3.05) is 0 Å². The molecular formula is C16H17N5O3. The molecule has 0 spiro atoms. The second-order valence-electron chi connectivity index (χ2n) is 5.65. The van der Waals surface area contributed by atoms with Crippen molar-refractivity contribution in [3.8, 4) is 0 Å². The molecule has 0 bridgehead atoms. The molecule has 3 aromatic rings. The lowest BCUT2D eigenvalue weighted by atomic mass is 10.0. The number of carboxylic acids is 1. The van der Waals surface area contributed by atoms with Crippen LogP contribution < -0.4 is 5.32 Å². The van der Waals surface area contributed by atoms with E-state index in [1.165, 1.54) is 0 Å². The Morgan fingerprint density at radius 3 is 2.62 bits per heavy atom. The van der Waals surface area contributed by atoms with Crippen molar-refractivity contribution in [3.63, 3.8) is 0 Å². The van der Waals surface area contributed by atoms with E-state index in [-0.39, 0.29) is 0 Å². The van der Waals surface area contributed by atoms with E-state index in [1.54, 1.807) is 32.0 Å². The van der Waals surface area contributed by atoms with Crippen LogP contribution in [0.3, 0.4) is 0 Å². The van der Waals surface area contributed by atoms with Crippen molar-refractivity contribution < 1.29 is 14.7 Å². The normalized spacial score (nSPS) is 12.3. The van der Waals surface area contributed by atoms with Gasteiger partial charge in [0.2, 0.25) is 0 Å². The number of rotatable bonds is 4. The van der Waals surface area contributed by atoms with Gasteiger partial charge in [0.25, 0.3) is 5.91 Å². The third-order valence-corrected chi connectivity index (χ3v) is 3.86. The average Bonchev–Trinajstić information content (AvgIpc) is 3.05. The predicted molar refractivity (Wildman–Crippen MR) is 86.7 cm³/mol. The summed E-state index contributed by atoms with van der Waals surface area (Å²) in [6.07, 6.45) is 0. The summed E-state index contributed by atoms with van der Waals surface area (Å²) in [7, 11) is 0. The van der Waals surface area contributed by atoms with Crippen molar-refractivity contribution in [1.82, 2.24) is 25.5 Å². The number of nitrogens with one attached hydrogen (secondary N) is 3. The van der Waals surface area contributed by atoms with Gasteiger partial charge in [0.15, 0.2) is 6.04 Å². The van der Waals surface area contributed by atoms with Gasteiger partial charge in [0, 0.05) is 16.8 Å². The van der Waals surface area contributed by atoms with E-state index in [2.05, 4.69) is 25.5 Å². The highest BCUT2D eigenvalue weighted by molar-refractivity contribution is 5.99. The van der Waals surface area contributed by atoms with E-state index in [1.807, 2.05) is 6.92 Å². The largest absolute Gasteiger partial charge is 0.479 e. The van der Waals surface area contributed by atoms with Gasteiger partial charge in [-0.3, -0.25) is 9.89 Å². The number of fused-ring (bicyclic) bond motifs is 1. The van der Waals surface area contributed by atoms with Crippen LogP contribution in [0.15, 0.2) is 18.2 Å². The zero-order valence-electron chi connectivity index (χ0n) is 13.5. The molecule has 0 aliphatic carbocycles. The number of carbonyl (C=O) groups is 2. The molecule has 24 heavy (non-hydrogen) atoms. The van der Waals surface area contributed by atoms with Gasteiger partial charge in [-0.25, -0.2) is 9.78 Å². The molecule has 0 aliphatic rings. The Hall–Kier alpha value is -3.16. The van der Waals surface area contributed by atoms with E-state index in [4.69, 9.17) is 0 Å². The Morgan fingerprint density at radius 2 is 2.00 bits per heavy atom. The minimum absolute atomic E-state index is 0.358. The molecular weight excluding hydrogens is 310 g/mol. The molecule has 1 atom stereocenters. The summed E-state index contributed by atoms with van der Waals surface area (Å²) in [5.74, 6) is -0.874. The molecule has 1 amide bonds. The fourth-order valence-corrected chi connectivity index (χ4v) is 2.74. The molecule has 0 saturated carbocycles. The number of H-pyrrole nitrogens is 2. The Labute approximate surface area is 137 Å². The molecule has 0 fully saturated rings. The monoisotopic (exact) mass is 327 g/mol. The first-order valence-electron chi connectivity index (χ1n) is 7.38. The van der Waals surface area contributed by atoms with Gasteiger partial charge in [-0.05, 0) is 39.0 Å². The zero-order chi connectivity index (χ0) is 17.4. The molecule has 0 saturated heterocycles. The third kappa shape index (κ3) is 2.73. The summed E-state index contributed by atoms with van der Waals surface area (Å²) in [5.41, 5.74) is 3.45. The van der Waals surface area contributed by atoms with Crippen LogP contribution >= 0.6 is 0 Å². The topological polar surface area (TPSA) is 124 Å². The van der Waals surface area contributed by atoms with E-state index < -0.39 is 17.9 Å². The lowest BCUT2D eigenvalue weighted by Crippen LogP contribution is -2.34. The highest BCUT2D eigenvalue weighted by Crippen LogP contribution is 2.21. The first-order chi connectivity index (χ1) is 11.4. The maximum atomic E-state index is 12.5. The number of benzene rings is 1. The van der Waals surface area contributed by atoms with Crippen LogP contribution in [0.2, 0.25) is 0 Å². The molecule has 8 heteroatoms. The van der Waals surface area contributed by atoms with Crippen molar-refractivity contribution in [1.29, 1.82) is 0 Å². The number of hydrogen-bond acceptors (Lipinski definition) is 4. The SMILES string of the molecule is Cc1nc2ccc(C(=O)NC(C(=O)O)c3c(C)n[nH]c3C)cc2[nH]1. The minimum atomic E-state index is -1.17. The molecule has 0 aliphatic heterocycles. The first kappa shape index (κ1) is 15.7. The number of hydrogen-bond donors (Lipinski definition) is 4. The molecule has 0 radical (unpaired) electrons. The van der Waals surface area contributed by atoms with Gasteiger partial charge < -0.3 is 15.4 Å². The molecule has 3 rings (SSSR count). The molecule has 2 heterocycles. The maximum absolute atomic E-state index is 12.5. The predicted octanol–water partition coefficient (Wildman–Crippen LogP) is 1.77. The summed E-state index contributed by atoms with van der Waals surface area (Å²) in [4.78, 5) is 31.4. The highest BCUT2D eigenvalue weighted by atomic mass is 16.4. The maximum Gasteiger partial charge on any atom is 0.331 e. The number of aryl methyl sites for hydroxylation is 3. The number of aromatic amines is 2. The Bertz CT molecular complexity index is 921. The molecule has 4 N–H and O–H groups in total. The van der Waals surface area contributed by atoms with Crippen molar-refractivity contribution >= 4 is 22.9 Å². The van der Waals surface area contributed by atoms with Crippen LogP contribution in [0.1, 0.15) is 39.2 Å². The molecule has 2 aromatic heterocycles. The second kappa shape index (κ2) is 5.80. The smallest absolute Gasteiger partial charge is 0.331 e. The minimum Gasteiger partial charge on any atom is -0.479 e. The van der Waals surface area contributed by atoms with Crippen LogP contribution in [0, 0.1) is 20.8 Å². The summed E-state index contributed by atoms with van der Waals surface area (Å²) in [6, 6.07) is 3.82. The Kier molecular flexibility index (Phi) is 3.80. The van der Waals surface area contributed by atoms with Gasteiger partial charge in [-0.15, -0.1) is 0 Å². The van der Waals surface area contributed by atoms with E-state index in [0.717, 1.165) is 16.9 Å². The first-order valence-corrected chi connectivity index (χ1v) is 7.38. The molecule has 1 aromatic carbocycles. The summed E-state index contributed by atoms with van der Waals surface area (Å²) in [5, 5.41) is 18.8. The molecule has 8 nitrogen and oxygen atoms in total. The highest BCUT2D eigenvalue weighted by Gasteiger charge is 2.27.